The Hall–Kier alpha value is -2.66. The maximum Gasteiger partial charge on any atom is 0.265 e. The zero-order valence-corrected chi connectivity index (χ0v) is 12.6. The van der Waals surface area contributed by atoms with Crippen LogP contribution in [0.4, 0.5) is 11.5 Å². The standard InChI is InChI=1S/C17H15N3OS/c21-17(15-7-4-10-22-15)20-14-8-9-16(19-12-14)18-11-13-5-2-1-3-6-13/h1-10,12H,11H2,(H,18,19)(H,20,21). The molecule has 2 N–H and O–H groups in total. The SMILES string of the molecule is O=C(Nc1ccc(NCc2ccccc2)nc1)c1cccs1. The minimum atomic E-state index is -0.109. The van der Waals surface area contributed by atoms with Crippen molar-refractivity contribution in [3.63, 3.8) is 0 Å². The van der Waals surface area contributed by atoms with Crippen LogP contribution in [0, 0.1) is 0 Å². The molecule has 0 spiro atoms. The van der Waals surface area contributed by atoms with Crippen LogP contribution >= 0.6 is 11.3 Å². The molecule has 22 heavy (non-hydrogen) atoms. The van der Waals surface area contributed by atoms with Crippen molar-refractivity contribution >= 4 is 28.7 Å². The molecule has 0 saturated heterocycles. The third-order valence-electron chi connectivity index (χ3n) is 3.08. The van der Waals surface area contributed by atoms with E-state index in [-0.39, 0.29) is 5.91 Å². The fourth-order valence-electron chi connectivity index (χ4n) is 1.96. The number of nitrogens with one attached hydrogen (secondary N) is 2. The summed E-state index contributed by atoms with van der Waals surface area (Å²) in [6, 6.07) is 17.5. The van der Waals surface area contributed by atoms with Crippen molar-refractivity contribution in [2.24, 2.45) is 0 Å². The van der Waals surface area contributed by atoms with Crippen molar-refractivity contribution in [3.05, 3.63) is 76.6 Å². The molecule has 2 aromatic heterocycles. The Kier molecular flexibility index (Phi) is 4.46. The Morgan fingerprint density at radius 3 is 2.59 bits per heavy atom. The lowest BCUT2D eigenvalue weighted by Gasteiger charge is -2.07. The van der Waals surface area contributed by atoms with E-state index >= 15 is 0 Å². The summed E-state index contributed by atoms with van der Waals surface area (Å²) in [5.41, 5.74) is 1.88. The highest BCUT2D eigenvalue weighted by Crippen LogP contribution is 2.14. The van der Waals surface area contributed by atoms with Crippen LogP contribution in [-0.2, 0) is 6.54 Å². The van der Waals surface area contributed by atoms with Crippen LogP contribution in [0.3, 0.4) is 0 Å². The molecule has 2 heterocycles. The summed E-state index contributed by atoms with van der Waals surface area (Å²) in [7, 11) is 0. The van der Waals surface area contributed by atoms with Crippen molar-refractivity contribution in [3.8, 4) is 0 Å². The van der Waals surface area contributed by atoms with Gasteiger partial charge >= 0.3 is 0 Å². The highest BCUT2D eigenvalue weighted by atomic mass is 32.1. The average Bonchev–Trinajstić information content (AvgIpc) is 3.10. The topological polar surface area (TPSA) is 54.0 Å². The van der Waals surface area contributed by atoms with E-state index in [1.165, 1.54) is 16.9 Å². The lowest BCUT2D eigenvalue weighted by atomic mass is 10.2. The highest BCUT2D eigenvalue weighted by Gasteiger charge is 2.06. The number of amides is 1. The third-order valence-corrected chi connectivity index (χ3v) is 3.95. The summed E-state index contributed by atoms with van der Waals surface area (Å²) in [6.45, 7) is 0.717. The van der Waals surface area contributed by atoms with E-state index in [9.17, 15) is 4.79 Å². The van der Waals surface area contributed by atoms with E-state index in [2.05, 4.69) is 27.8 Å². The van der Waals surface area contributed by atoms with Crippen LogP contribution in [-0.4, -0.2) is 10.9 Å². The number of hydrogen-bond donors (Lipinski definition) is 2. The molecular formula is C17H15N3OS. The second kappa shape index (κ2) is 6.87. The van der Waals surface area contributed by atoms with E-state index in [0.717, 1.165) is 12.4 Å². The number of benzene rings is 1. The number of nitrogens with zero attached hydrogens (tertiary/aromatic N) is 1. The molecule has 0 unspecified atom stereocenters. The monoisotopic (exact) mass is 309 g/mol. The molecule has 5 heteroatoms. The molecule has 0 aliphatic carbocycles. The first-order chi connectivity index (χ1) is 10.8. The number of aromatic nitrogens is 1. The zero-order valence-electron chi connectivity index (χ0n) is 11.8. The van der Waals surface area contributed by atoms with Gasteiger partial charge in [0, 0.05) is 6.54 Å². The third kappa shape index (κ3) is 3.71. The van der Waals surface area contributed by atoms with Gasteiger partial charge < -0.3 is 10.6 Å². The Labute approximate surface area is 132 Å². The zero-order chi connectivity index (χ0) is 15.2. The van der Waals surface area contributed by atoms with Gasteiger partial charge in [-0.1, -0.05) is 36.4 Å². The molecule has 0 radical (unpaired) electrons. The molecule has 0 aliphatic heterocycles. The Morgan fingerprint density at radius 2 is 1.91 bits per heavy atom. The van der Waals surface area contributed by atoms with Gasteiger partial charge in [-0.2, -0.15) is 0 Å². The normalized spacial score (nSPS) is 10.2. The van der Waals surface area contributed by atoms with Gasteiger partial charge in [0.1, 0.15) is 5.82 Å². The molecule has 0 bridgehead atoms. The van der Waals surface area contributed by atoms with Crippen LogP contribution in [0.2, 0.25) is 0 Å². The van der Waals surface area contributed by atoms with Gasteiger partial charge in [-0.3, -0.25) is 4.79 Å². The molecular weight excluding hydrogens is 294 g/mol. The lowest BCUT2D eigenvalue weighted by molar-refractivity contribution is 0.103. The molecule has 1 aromatic carbocycles. The summed E-state index contributed by atoms with van der Waals surface area (Å²) in [5, 5.41) is 7.95. The molecule has 3 aromatic rings. The first-order valence-electron chi connectivity index (χ1n) is 6.90. The van der Waals surface area contributed by atoms with Crippen molar-refractivity contribution in [1.82, 2.24) is 4.98 Å². The second-order valence-electron chi connectivity index (χ2n) is 4.70. The van der Waals surface area contributed by atoms with E-state index < -0.39 is 0 Å². The van der Waals surface area contributed by atoms with Gasteiger partial charge in [0.25, 0.3) is 5.91 Å². The fourth-order valence-corrected chi connectivity index (χ4v) is 2.58. The summed E-state index contributed by atoms with van der Waals surface area (Å²) in [5.74, 6) is 0.666. The van der Waals surface area contributed by atoms with Crippen molar-refractivity contribution in [2.75, 3.05) is 10.6 Å². The number of pyridine rings is 1. The highest BCUT2D eigenvalue weighted by molar-refractivity contribution is 7.12. The van der Waals surface area contributed by atoms with E-state index in [4.69, 9.17) is 0 Å². The van der Waals surface area contributed by atoms with Crippen LogP contribution < -0.4 is 10.6 Å². The van der Waals surface area contributed by atoms with Gasteiger partial charge in [-0.15, -0.1) is 11.3 Å². The number of hydrogen-bond acceptors (Lipinski definition) is 4. The second-order valence-corrected chi connectivity index (χ2v) is 5.65. The van der Waals surface area contributed by atoms with E-state index in [0.29, 0.717) is 10.6 Å². The van der Waals surface area contributed by atoms with E-state index in [1.807, 2.05) is 41.8 Å². The molecule has 1 amide bonds. The number of anilines is 2. The van der Waals surface area contributed by atoms with Crippen LogP contribution in [0.15, 0.2) is 66.2 Å². The Bertz CT molecular complexity index is 724. The van der Waals surface area contributed by atoms with Crippen molar-refractivity contribution < 1.29 is 4.79 Å². The van der Waals surface area contributed by atoms with Crippen LogP contribution in [0.5, 0.6) is 0 Å². The molecule has 0 atom stereocenters. The Balaban J connectivity index is 1.57. The maximum atomic E-state index is 11.9. The molecule has 3 rings (SSSR count). The summed E-state index contributed by atoms with van der Waals surface area (Å²) in [4.78, 5) is 16.9. The Morgan fingerprint density at radius 1 is 1.05 bits per heavy atom. The first kappa shape index (κ1) is 14.3. The van der Waals surface area contributed by atoms with E-state index in [1.54, 1.807) is 12.3 Å². The molecule has 110 valence electrons. The lowest BCUT2D eigenvalue weighted by Crippen LogP contribution is -2.10. The number of carbonyl (C=O) groups excluding carboxylic acids is 1. The minimum Gasteiger partial charge on any atom is -0.366 e. The van der Waals surface area contributed by atoms with Gasteiger partial charge in [-0.05, 0) is 29.1 Å². The predicted octanol–water partition coefficient (Wildman–Crippen LogP) is 4.01. The molecule has 4 nitrogen and oxygen atoms in total. The minimum absolute atomic E-state index is 0.109. The number of carbonyl (C=O) groups is 1. The van der Waals surface area contributed by atoms with Gasteiger partial charge in [-0.25, -0.2) is 4.98 Å². The van der Waals surface area contributed by atoms with Crippen LogP contribution in [0.25, 0.3) is 0 Å². The molecule has 0 aliphatic rings. The van der Waals surface area contributed by atoms with Crippen molar-refractivity contribution in [2.45, 2.75) is 6.54 Å². The number of thiophene rings is 1. The predicted molar refractivity (Wildman–Crippen MR) is 90.3 cm³/mol. The van der Waals surface area contributed by atoms with Crippen LogP contribution in [0.1, 0.15) is 15.2 Å². The number of rotatable bonds is 5. The summed E-state index contributed by atoms with van der Waals surface area (Å²) < 4.78 is 0. The van der Waals surface area contributed by atoms with Gasteiger partial charge in [0.2, 0.25) is 0 Å². The first-order valence-corrected chi connectivity index (χ1v) is 7.78. The summed E-state index contributed by atoms with van der Waals surface area (Å²) in [6.07, 6.45) is 1.65. The van der Waals surface area contributed by atoms with Gasteiger partial charge in [0.15, 0.2) is 0 Å². The van der Waals surface area contributed by atoms with Crippen molar-refractivity contribution in [1.29, 1.82) is 0 Å². The molecule has 0 fully saturated rings. The fraction of sp³-hybridized carbons (Fsp3) is 0.0588. The molecule has 0 saturated carbocycles. The quantitative estimate of drug-likeness (QED) is 0.749. The summed E-state index contributed by atoms with van der Waals surface area (Å²) >= 11 is 1.41. The van der Waals surface area contributed by atoms with Gasteiger partial charge in [0.05, 0.1) is 16.8 Å². The average molecular weight is 309 g/mol. The smallest absolute Gasteiger partial charge is 0.265 e. The largest absolute Gasteiger partial charge is 0.366 e. The maximum absolute atomic E-state index is 11.9.